The molecule has 0 aromatic heterocycles. The van der Waals surface area contributed by atoms with Gasteiger partial charge in [-0.05, 0) is 69.2 Å². The number of rotatable bonds is 6. The molecule has 0 saturated heterocycles. The molecule has 0 radical (unpaired) electrons. The van der Waals surface area contributed by atoms with E-state index in [2.05, 4.69) is 48.5 Å². The topological polar surface area (TPSA) is 63.4 Å². The molecule has 2 amide bonds. The van der Waals surface area contributed by atoms with Gasteiger partial charge in [0.25, 0.3) is 11.8 Å². The van der Waals surface area contributed by atoms with Crippen LogP contribution in [0.4, 0.5) is 0 Å². The second kappa shape index (κ2) is 7.28. The molecule has 1 aliphatic rings. The number of hydrogen-bond acceptors (Lipinski definition) is 3. The van der Waals surface area contributed by atoms with E-state index in [1.165, 1.54) is 15.7 Å². The van der Waals surface area contributed by atoms with E-state index >= 15 is 0 Å². The molecule has 0 aliphatic carbocycles. The van der Waals surface area contributed by atoms with Crippen molar-refractivity contribution in [3.8, 4) is 0 Å². The van der Waals surface area contributed by atoms with Crippen molar-refractivity contribution in [1.82, 2.24) is 4.90 Å². The van der Waals surface area contributed by atoms with Crippen molar-refractivity contribution >= 4 is 54.9 Å². The summed E-state index contributed by atoms with van der Waals surface area (Å²) in [6.07, 6.45) is 3.77. The highest BCUT2D eigenvalue weighted by Crippen LogP contribution is 2.43. The van der Waals surface area contributed by atoms with Crippen molar-refractivity contribution in [1.29, 1.82) is 0 Å². The van der Waals surface area contributed by atoms with Crippen LogP contribution in [0.1, 0.15) is 46.4 Å². The van der Waals surface area contributed by atoms with Crippen LogP contribution in [-0.2, 0) is 0 Å². The van der Waals surface area contributed by atoms with E-state index < -0.39 is 0 Å². The third-order valence-corrected chi connectivity index (χ3v) is 6.93. The van der Waals surface area contributed by atoms with Gasteiger partial charge in [0, 0.05) is 23.1 Å². The molecule has 0 fully saturated rings. The number of imide groups is 1. The Bertz CT molecular complexity index is 1440. The predicted octanol–water partition coefficient (Wildman–Crippen LogP) is 5.85. The van der Waals surface area contributed by atoms with Crippen molar-refractivity contribution < 1.29 is 9.59 Å². The summed E-state index contributed by atoms with van der Waals surface area (Å²) in [7, 11) is 0. The van der Waals surface area contributed by atoms with Crippen molar-refractivity contribution in [3.05, 3.63) is 71.8 Å². The summed E-state index contributed by atoms with van der Waals surface area (Å²) < 4.78 is 0. The number of nitrogens with zero attached hydrogens (tertiary/aromatic N) is 1. The summed E-state index contributed by atoms with van der Waals surface area (Å²) in [5.74, 6) is -0.357. The van der Waals surface area contributed by atoms with Crippen LogP contribution >= 0.6 is 0 Å². The Labute approximate surface area is 185 Å². The summed E-state index contributed by atoms with van der Waals surface area (Å²) in [5, 5.41) is 8.79. The summed E-state index contributed by atoms with van der Waals surface area (Å²) >= 11 is 0. The van der Waals surface area contributed by atoms with Crippen LogP contribution in [0.3, 0.4) is 0 Å². The highest BCUT2D eigenvalue weighted by atomic mass is 16.2. The average molecular weight is 421 g/mol. The van der Waals surface area contributed by atoms with Gasteiger partial charge in [0.15, 0.2) is 0 Å². The van der Waals surface area contributed by atoms with Gasteiger partial charge in [0.1, 0.15) is 0 Å². The number of hydrogen-bond donors (Lipinski definition) is 1. The zero-order valence-corrected chi connectivity index (χ0v) is 17.9. The Balaban J connectivity index is 1.56. The number of carbonyl (C=O) groups excluding carboxylic acids is 2. The fourth-order valence-electron chi connectivity index (χ4n) is 5.44. The SMILES string of the molecule is NCCCCCCN1C(=O)c2ccc3c4cccc5cccc(c6ccc(c2c36)C1=O)c54. The molecular weight excluding hydrogens is 396 g/mol. The quantitative estimate of drug-likeness (QED) is 0.162. The highest BCUT2D eigenvalue weighted by Gasteiger charge is 2.33. The third kappa shape index (κ3) is 2.59. The molecule has 2 N–H and O–H groups in total. The molecule has 6 rings (SSSR count). The van der Waals surface area contributed by atoms with E-state index in [1.54, 1.807) is 0 Å². The summed E-state index contributed by atoms with van der Waals surface area (Å²) in [6.45, 7) is 1.13. The van der Waals surface area contributed by atoms with Crippen LogP contribution in [-0.4, -0.2) is 29.8 Å². The van der Waals surface area contributed by atoms with Crippen LogP contribution in [0.25, 0.3) is 43.1 Å². The van der Waals surface area contributed by atoms with E-state index in [9.17, 15) is 9.59 Å². The zero-order valence-electron chi connectivity index (χ0n) is 17.9. The number of carbonyl (C=O) groups is 2. The van der Waals surface area contributed by atoms with Crippen molar-refractivity contribution in [2.45, 2.75) is 25.7 Å². The van der Waals surface area contributed by atoms with Crippen LogP contribution in [0.15, 0.2) is 60.7 Å². The number of amides is 2. The molecule has 0 atom stereocenters. The number of fused-ring (bicyclic) bond motifs is 2. The fraction of sp³-hybridized carbons (Fsp3) is 0.214. The summed E-state index contributed by atoms with van der Waals surface area (Å²) in [6, 6.07) is 20.6. The van der Waals surface area contributed by atoms with E-state index in [-0.39, 0.29) is 11.8 Å². The number of unbranched alkanes of at least 4 members (excludes halogenated alkanes) is 3. The molecule has 1 heterocycles. The lowest BCUT2D eigenvalue weighted by molar-refractivity contribution is 0.0608. The van der Waals surface area contributed by atoms with Crippen LogP contribution < -0.4 is 5.73 Å². The second-order valence-electron chi connectivity index (χ2n) is 8.75. The minimum atomic E-state index is -0.179. The Kier molecular flexibility index (Phi) is 4.37. The lowest BCUT2D eigenvalue weighted by Gasteiger charge is -2.28. The lowest BCUT2D eigenvalue weighted by atomic mass is 9.85. The zero-order chi connectivity index (χ0) is 21.8. The van der Waals surface area contributed by atoms with Gasteiger partial charge in [0.2, 0.25) is 0 Å². The molecule has 158 valence electrons. The molecule has 0 unspecified atom stereocenters. The molecular formula is C28H24N2O2. The molecule has 32 heavy (non-hydrogen) atoms. The van der Waals surface area contributed by atoms with Gasteiger partial charge in [-0.15, -0.1) is 0 Å². The van der Waals surface area contributed by atoms with E-state index in [0.29, 0.717) is 24.2 Å². The first-order chi connectivity index (χ1) is 15.7. The minimum absolute atomic E-state index is 0.179. The molecule has 4 nitrogen and oxygen atoms in total. The van der Waals surface area contributed by atoms with E-state index in [4.69, 9.17) is 5.73 Å². The second-order valence-corrected chi connectivity index (χ2v) is 8.75. The summed E-state index contributed by atoms with van der Waals surface area (Å²) in [5.41, 5.74) is 6.84. The smallest absolute Gasteiger partial charge is 0.261 e. The highest BCUT2D eigenvalue weighted by molar-refractivity contribution is 6.38. The first-order valence-corrected chi connectivity index (χ1v) is 11.4. The Morgan fingerprint density at radius 2 is 1.16 bits per heavy atom. The minimum Gasteiger partial charge on any atom is -0.330 e. The molecule has 5 aromatic rings. The Morgan fingerprint density at radius 3 is 1.75 bits per heavy atom. The van der Waals surface area contributed by atoms with Gasteiger partial charge in [-0.25, -0.2) is 0 Å². The largest absolute Gasteiger partial charge is 0.330 e. The van der Waals surface area contributed by atoms with Crippen LogP contribution in [0.5, 0.6) is 0 Å². The van der Waals surface area contributed by atoms with Crippen LogP contribution in [0, 0.1) is 0 Å². The van der Waals surface area contributed by atoms with Gasteiger partial charge < -0.3 is 5.73 Å². The number of nitrogens with two attached hydrogens (primary N) is 1. The molecule has 0 saturated carbocycles. The normalized spacial score (nSPS) is 14.0. The van der Waals surface area contributed by atoms with Crippen molar-refractivity contribution in [2.75, 3.05) is 13.1 Å². The fourth-order valence-corrected chi connectivity index (χ4v) is 5.44. The predicted molar refractivity (Wildman–Crippen MR) is 131 cm³/mol. The third-order valence-electron chi connectivity index (χ3n) is 6.93. The monoisotopic (exact) mass is 420 g/mol. The van der Waals surface area contributed by atoms with Gasteiger partial charge in [-0.3, -0.25) is 14.5 Å². The maximum absolute atomic E-state index is 13.4. The van der Waals surface area contributed by atoms with Crippen molar-refractivity contribution in [2.24, 2.45) is 5.73 Å². The first-order valence-electron chi connectivity index (χ1n) is 11.4. The standard InChI is InChI=1S/C28H24N2O2/c29-15-3-1-2-4-16-30-27(31)22-13-11-20-18-9-5-7-17-8-6-10-19(24(17)18)21-12-14-23(28(30)32)26(22)25(20)21/h5-14H,1-4,15-16,29H2. The Hall–Kier alpha value is -3.50. The van der Waals surface area contributed by atoms with E-state index in [1.807, 2.05) is 12.1 Å². The average Bonchev–Trinajstić information content (AvgIpc) is 2.82. The summed E-state index contributed by atoms with van der Waals surface area (Å²) in [4.78, 5) is 28.2. The molecule has 0 spiro atoms. The molecule has 5 aromatic carbocycles. The van der Waals surface area contributed by atoms with Gasteiger partial charge in [-0.1, -0.05) is 61.4 Å². The first kappa shape index (κ1) is 19.2. The van der Waals surface area contributed by atoms with E-state index in [0.717, 1.165) is 58.0 Å². The van der Waals surface area contributed by atoms with Gasteiger partial charge in [0.05, 0.1) is 0 Å². The Morgan fingerprint density at radius 1 is 0.594 bits per heavy atom. The van der Waals surface area contributed by atoms with Crippen LogP contribution in [0.2, 0.25) is 0 Å². The van der Waals surface area contributed by atoms with Gasteiger partial charge in [-0.2, -0.15) is 0 Å². The molecule has 4 heteroatoms. The molecule has 1 aliphatic heterocycles. The maximum atomic E-state index is 13.4. The maximum Gasteiger partial charge on any atom is 0.261 e. The van der Waals surface area contributed by atoms with Crippen molar-refractivity contribution in [3.63, 3.8) is 0 Å². The number of benzene rings is 5. The lowest BCUT2D eigenvalue weighted by Crippen LogP contribution is -2.40. The van der Waals surface area contributed by atoms with Gasteiger partial charge >= 0.3 is 0 Å². The molecule has 0 bridgehead atoms.